The number of pyridine rings is 1. The highest BCUT2D eigenvalue weighted by molar-refractivity contribution is 6.05. The van der Waals surface area contributed by atoms with E-state index in [2.05, 4.69) is 20.4 Å². The summed E-state index contributed by atoms with van der Waals surface area (Å²) in [5.41, 5.74) is 1.58. The fraction of sp³-hybridized carbons (Fsp3) is 0.296. The van der Waals surface area contributed by atoms with Crippen LogP contribution in [0.5, 0.6) is 5.75 Å². The minimum Gasteiger partial charge on any atom is -0.478 e. The van der Waals surface area contributed by atoms with E-state index < -0.39 is 24.0 Å². The zero-order valence-electron chi connectivity index (χ0n) is 19.8. The molecule has 0 radical (unpaired) electrons. The number of rotatable bonds is 8. The van der Waals surface area contributed by atoms with Gasteiger partial charge in [-0.25, -0.2) is 9.78 Å². The lowest BCUT2D eigenvalue weighted by Gasteiger charge is -2.21. The fourth-order valence-corrected chi connectivity index (χ4v) is 4.41. The number of aromatic nitrogens is 1. The van der Waals surface area contributed by atoms with Crippen molar-refractivity contribution >= 4 is 28.9 Å². The predicted octanol–water partition coefficient (Wildman–Crippen LogP) is 6.80. The highest BCUT2D eigenvalue weighted by Gasteiger charge is 2.31. The smallest absolute Gasteiger partial charge is 0.478 e. The summed E-state index contributed by atoms with van der Waals surface area (Å²) in [6, 6.07) is 14.4. The first-order valence-electron chi connectivity index (χ1n) is 11.9. The Morgan fingerprint density at radius 1 is 0.973 bits per heavy atom. The molecule has 1 aromatic heterocycles. The van der Waals surface area contributed by atoms with E-state index in [1.165, 1.54) is 49.6 Å². The molecule has 1 aliphatic carbocycles. The van der Waals surface area contributed by atoms with Gasteiger partial charge in [-0.3, -0.25) is 4.79 Å². The molecule has 0 aliphatic heterocycles. The summed E-state index contributed by atoms with van der Waals surface area (Å²) in [6.07, 6.45) is 1.91. The molecule has 194 valence electrons. The highest BCUT2D eigenvalue weighted by atomic mass is 19.4. The Labute approximate surface area is 211 Å². The molecular weight excluding hydrogens is 487 g/mol. The molecule has 0 bridgehead atoms. The minimum absolute atomic E-state index is 0.0733. The lowest BCUT2D eigenvalue weighted by atomic mass is 9.86. The van der Waals surface area contributed by atoms with E-state index in [9.17, 15) is 27.9 Å². The average molecular weight is 514 g/mol. The van der Waals surface area contributed by atoms with Gasteiger partial charge in [-0.1, -0.05) is 44.2 Å². The largest absolute Gasteiger partial charge is 0.573 e. The SMILES string of the molecule is O=C(O)c1ccc(NC(=O)c2cccc(CC3CCCCC3)n2)c(Nc2cccc(OC(F)(F)F)c2)c1. The topological polar surface area (TPSA) is 101 Å². The van der Waals surface area contributed by atoms with Crippen LogP contribution < -0.4 is 15.4 Å². The zero-order valence-corrected chi connectivity index (χ0v) is 19.8. The quantitative estimate of drug-likeness (QED) is 0.306. The van der Waals surface area contributed by atoms with Crippen LogP contribution in [-0.4, -0.2) is 28.3 Å². The Morgan fingerprint density at radius 3 is 2.46 bits per heavy atom. The molecule has 1 aliphatic rings. The van der Waals surface area contributed by atoms with Crippen LogP contribution in [0.3, 0.4) is 0 Å². The highest BCUT2D eigenvalue weighted by Crippen LogP contribution is 2.31. The maximum absolute atomic E-state index is 13.0. The third-order valence-corrected chi connectivity index (χ3v) is 6.12. The van der Waals surface area contributed by atoms with E-state index in [1.807, 2.05) is 6.07 Å². The van der Waals surface area contributed by atoms with Gasteiger partial charge < -0.3 is 20.5 Å². The summed E-state index contributed by atoms with van der Waals surface area (Å²) in [6.45, 7) is 0. The second-order valence-electron chi connectivity index (χ2n) is 8.94. The summed E-state index contributed by atoms with van der Waals surface area (Å²) in [5.74, 6) is -1.59. The molecule has 10 heteroatoms. The Kier molecular flexibility index (Phi) is 7.95. The molecule has 3 N–H and O–H groups in total. The molecule has 1 amide bonds. The number of aromatic carboxylic acids is 1. The van der Waals surface area contributed by atoms with Crippen LogP contribution in [0.1, 0.15) is 58.6 Å². The number of benzene rings is 2. The van der Waals surface area contributed by atoms with Crippen molar-refractivity contribution in [1.29, 1.82) is 0 Å². The van der Waals surface area contributed by atoms with Gasteiger partial charge in [0.25, 0.3) is 5.91 Å². The number of carbonyl (C=O) groups excluding carboxylic acids is 1. The van der Waals surface area contributed by atoms with Crippen LogP contribution in [-0.2, 0) is 6.42 Å². The van der Waals surface area contributed by atoms with Crippen molar-refractivity contribution < 1.29 is 32.6 Å². The van der Waals surface area contributed by atoms with Crippen molar-refractivity contribution in [3.05, 3.63) is 77.6 Å². The van der Waals surface area contributed by atoms with Crippen LogP contribution >= 0.6 is 0 Å². The Balaban J connectivity index is 1.54. The second kappa shape index (κ2) is 11.3. The number of carbonyl (C=O) groups is 2. The molecule has 0 unspecified atom stereocenters. The van der Waals surface area contributed by atoms with Crippen molar-refractivity contribution in [3.63, 3.8) is 0 Å². The fourth-order valence-electron chi connectivity index (χ4n) is 4.41. The minimum atomic E-state index is -4.86. The molecule has 37 heavy (non-hydrogen) atoms. The lowest BCUT2D eigenvalue weighted by molar-refractivity contribution is -0.274. The van der Waals surface area contributed by atoms with E-state index in [0.717, 1.165) is 37.1 Å². The molecule has 4 rings (SSSR count). The van der Waals surface area contributed by atoms with Gasteiger partial charge in [0.2, 0.25) is 0 Å². The number of amides is 1. The molecular formula is C27H26F3N3O4. The molecule has 1 saturated carbocycles. The maximum Gasteiger partial charge on any atom is 0.573 e. The molecule has 0 spiro atoms. The summed E-state index contributed by atoms with van der Waals surface area (Å²) >= 11 is 0. The first-order chi connectivity index (χ1) is 17.7. The molecule has 0 saturated heterocycles. The van der Waals surface area contributed by atoms with Crippen molar-refractivity contribution in [2.24, 2.45) is 5.92 Å². The van der Waals surface area contributed by atoms with Gasteiger partial charge >= 0.3 is 12.3 Å². The summed E-state index contributed by atoms with van der Waals surface area (Å²) in [7, 11) is 0. The Morgan fingerprint density at radius 2 is 1.73 bits per heavy atom. The van der Waals surface area contributed by atoms with Crippen LogP contribution in [0, 0.1) is 5.92 Å². The monoisotopic (exact) mass is 513 g/mol. The van der Waals surface area contributed by atoms with Gasteiger partial charge in [-0.2, -0.15) is 0 Å². The summed E-state index contributed by atoms with van der Waals surface area (Å²) < 4.78 is 41.8. The van der Waals surface area contributed by atoms with Gasteiger partial charge in [0.15, 0.2) is 0 Å². The first kappa shape index (κ1) is 26.0. The van der Waals surface area contributed by atoms with Gasteiger partial charge in [0.1, 0.15) is 11.4 Å². The lowest BCUT2D eigenvalue weighted by Crippen LogP contribution is -2.17. The molecule has 3 aromatic rings. The van der Waals surface area contributed by atoms with Crippen LogP contribution in [0.2, 0.25) is 0 Å². The van der Waals surface area contributed by atoms with Crippen molar-refractivity contribution in [1.82, 2.24) is 4.98 Å². The van der Waals surface area contributed by atoms with E-state index in [1.54, 1.807) is 12.1 Å². The second-order valence-corrected chi connectivity index (χ2v) is 8.94. The van der Waals surface area contributed by atoms with Crippen molar-refractivity contribution in [2.45, 2.75) is 44.9 Å². The molecule has 0 atom stereocenters. The Bertz CT molecular complexity index is 1270. The third kappa shape index (κ3) is 7.45. The van der Waals surface area contributed by atoms with Crippen LogP contribution in [0.15, 0.2) is 60.7 Å². The Hall–Kier alpha value is -4.08. The molecule has 2 aromatic carbocycles. The van der Waals surface area contributed by atoms with E-state index >= 15 is 0 Å². The zero-order chi connectivity index (χ0) is 26.4. The van der Waals surface area contributed by atoms with Gasteiger partial charge in [0, 0.05) is 17.4 Å². The predicted molar refractivity (Wildman–Crippen MR) is 132 cm³/mol. The van der Waals surface area contributed by atoms with Gasteiger partial charge in [-0.05, 0) is 54.8 Å². The van der Waals surface area contributed by atoms with Gasteiger partial charge in [0.05, 0.1) is 16.9 Å². The van der Waals surface area contributed by atoms with E-state index in [4.69, 9.17) is 0 Å². The first-order valence-corrected chi connectivity index (χ1v) is 11.9. The molecule has 1 fully saturated rings. The van der Waals surface area contributed by atoms with E-state index in [0.29, 0.717) is 5.92 Å². The average Bonchev–Trinajstić information content (AvgIpc) is 2.85. The number of anilines is 3. The van der Waals surface area contributed by atoms with E-state index in [-0.39, 0.29) is 28.3 Å². The third-order valence-electron chi connectivity index (χ3n) is 6.12. The number of carboxylic acids is 1. The van der Waals surface area contributed by atoms with Crippen LogP contribution in [0.4, 0.5) is 30.2 Å². The number of halogens is 3. The molecule has 7 nitrogen and oxygen atoms in total. The molecule has 1 heterocycles. The number of nitrogens with zero attached hydrogens (tertiary/aromatic N) is 1. The number of hydrogen-bond donors (Lipinski definition) is 3. The van der Waals surface area contributed by atoms with Crippen molar-refractivity contribution in [3.8, 4) is 5.75 Å². The van der Waals surface area contributed by atoms with Crippen molar-refractivity contribution in [2.75, 3.05) is 10.6 Å². The van der Waals surface area contributed by atoms with Gasteiger partial charge in [-0.15, -0.1) is 13.2 Å². The number of carboxylic acid groups (broad SMARTS) is 1. The number of nitrogens with one attached hydrogen (secondary N) is 2. The number of alkyl halides is 3. The standard InChI is InChI=1S/C27H26F3N3O4/c28-27(29,30)37-21-10-4-8-20(16-21)32-24-15-18(26(35)36)12-13-22(24)33-25(34)23-11-5-9-19(31-23)14-17-6-2-1-3-7-17/h4-5,8-13,15-17,32H,1-3,6-7,14H2,(H,33,34)(H,35,36). The summed E-state index contributed by atoms with van der Waals surface area (Å²) in [4.78, 5) is 29.1. The number of ether oxygens (including phenoxy) is 1. The maximum atomic E-state index is 13.0. The number of hydrogen-bond acceptors (Lipinski definition) is 5. The van der Waals surface area contributed by atoms with Crippen LogP contribution in [0.25, 0.3) is 0 Å². The summed E-state index contributed by atoms with van der Waals surface area (Å²) in [5, 5.41) is 15.0. The normalized spacial score (nSPS) is 14.1.